The first-order valence-corrected chi connectivity index (χ1v) is 8.76. The van der Waals surface area contributed by atoms with Gasteiger partial charge < -0.3 is 19.7 Å². The lowest BCUT2D eigenvalue weighted by molar-refractivity contribution is -0.150. The van der Waals surface area contributed by atoms with Gasteiger partial charge in [0.25, 0.3) is 5.91 Å². The van der Waals surface area contributed by atoms with Gasteiger partial charge in [0.15, 0.2) is 0 Å². The molecule has 2 amide bonds. The molecular weight excluding hydrogens is 348 g/mol. The first-order valence-electron chi connectivity index (χ1n) is 8.76. The maximum atomic E-state index is 12.8. The summed E-state index contributed by atoms with van der Waals surface area (Å²) in [5, 5.41) is 3.12. The number of hydrogen-bond acceptors (Lipinski definition) is 6. The second-order valence-electron chi connectivity index (χ2n) is 6.64. The van der Waals surface area contributed by atoms with Crippen LogP contribution in [0.2, 0.25) is 0 Å². The average Bonchev–Trinajstić information content (AvgIpc) is 2.73. The molecule has 1 aromatic heterocycles. The number of methoxy groups -OCH3 is 1. The van der Waals surface area contributed by atoms with Crippen LogP contribution < -0.4 is 10.1 Å². The van der Waals surface area contributed by atoms with Gasteiger partial charge in [0.2, 0.25) is 5.91 Å². The molecule has 0 bridgehead atoms. The summed E-state index contributed by atoms with van der Waals surface area (Å²) in [5.41, 5.74) is 0.759. The molecule has 1 aromatic carbocycles. The van der Waals surface area contributed by atoms with Gasteiger partial charge in [-0.25, -0.2) is 9.97 Å². The van der Waals surface area contributed by atoms with Crippen molar-refractivity contribution in [3.63, 3.8) is 0 Å². The first-order chi connectivity index (χ1) is 13.1. The molecule has 0 saturated carbocycles. The molecule has 8 nitrogen and oxygen atoms in total. The van der Waals surface area contributed by atoms with E-state index in [4.69, 9.17) is 9.47 Å². The molecule has 140 valence electrons. The largest absolute Gasteiger partial charge is 0.467 e. The zero-order valence-corrected chi connectivity index (χ0v) is 14.9. The number of amides is 2. The number of aromatic nitrogens is 2. The van der Waals surface area contributed by atoms with Crippen molar-refractivity contribution in [1.29, 1.82) is 0 Å². The molecule has 2 fully saturated rings. The zero-order valence-electron chi connectivity index (χ0n) is 14.9. The van der Waals surface area contributed by atoms with Gasteiger partial charge in [-0.15, -0.1) is 0 Å². The summed E-state index contributed by atoms with van der Waals surface area (Å²) in [6.07, 6.45) is 3.15. The van der Waals surface area contributed by atoms with Gasteiger partial charge in [-0.1, -0.05) is 30.3 Å². The fourth-order valence-corrected chi connectivity index (χ4v) is 3.76. The number of piperidine rings is 1. The Morgan fingerprint density at radius 3 is 2.74 bits per heavy atom. The second-order valence-corrected chi connectivity index (χ2v) is 6.64. The third kappa shape index (κ3) is 3.12. The van der Waals surface area contributed by atoms with Crippen molar-refractivity contribution in [1.82, 2.24) is 20.2 Å². The molecule has 0 unspecified atom stereocenters. The maximum Gasteiger partial charge on any atom is 0.316 e. The van der Waals surface area contributed by atoms with E-state index in [0.717, 1.165) is 5.56 Å². The Labute approximate surface area is 156 Å². The van der Waals surface area contributed by atoms with Gasteiger partial charge in [-0.05, 0) is 12.0 Å². The molecule has 8 heteroatoms. The Morgan fingerprint density at radius 2 is 2.04 bits per heavy atom. The van der Waals surface area contributed by atoms with Crippen LogP contribution in [-0.2, 0) is 15.1 Å². The number of rotatable bonds is 3. The average molecular weight is 368 g/mol. The summed E-state index contributed by atoms with van der Waals surface area (Å²) in [6, 6.07) is 9.99. The van der Waals surface area contributed by atoms with E-state index in [9.17, 15) is 9.59 Å². The van der Waals surface area contributed by atoms with Gasteiger partial charge in [-0.3, -0.25) is 9.59 Å². The molecule has 1 N–H and O–H groups in total. The van der Waals surface area contributed by atoms with Gasteiger partial charge >= 0.3 is 6.01 Å². The van der Waals surface area contributed by atoms with Crippen LogP contribution in [-0.4, -0.2) is 59.6 Å². The van der Waals surface area contributed by atoms with Gasteiger partial charge in [0.05, 0.1) is 18.2 Å². The first kappa shape index (κ1) is 17.4. The minimum absolute atomic E-state index is 0.00702. The van der Waals surface area contributed by atoms with E-state index in [1.54, 1.807) is 4.90 Å². The zero-order chi connectivity index (χ0) is 18.9. The molecule has 2 atom stereocenters. The highest BCUT2D eigenvalue weighted by molar-refractivity contribution is 5.93. The number of carbonyl (C=O) groups is 2. The van der Waals surface area contributed by atoms with Crippen LogP contribution in [0.1, 0.15) is 22.3 Å². The Morgan fingerprint density at radius 1 is 1.30 bits per heavy atom. The topological polar surface area (TPSA) is 93.7 Å². The Bertz CT molecular complexity index is 843. The summed E-state index contributed by atoms with van der Waals surface area (Å²) < 4.78 is 10.8. The van der Waals surface area contributed by atoms with Gasteiger partial charge in [0, 0.05) is 25.5 Å². The lowest BCUT2D eigenvalue weighted by atomic mass is 9.77. The van der Waals surface area contributed by atoms with Crippen molar-refractivity contribution in [3.05, 3.63) is 53.9 Å². The predicted molar refractivity (Wildman–Crippen MR) is 95.1 cm³/mol. The van der Waals surface area contributed by atoms with E-state index in [-0.39, 0.29) is 30.5 Å². The molecule has 2 aliphatic rings. The normalized spacial score (nSPS) is 24.7. The number of morpholine rings is 1. The van der Waals surface area contributed by atoms with Crippen molar-refractivity contribution < 1.29 is 19.1 Å². The molecule has 0 spiro atoms. The van der Waals surface area contributed by atoms with E-state index < -0.39 is 5.54 Å². The molecule has 2 saturated heterocycles. The summed E-state index contributed by atoms with van der Waals surface area (Å²) in [5.74, 6) is -0.307. The van der Waals surface area contributed by atoms with Crippen molar-refractivity contribution in [3.8, 4) is 6.01 Å². The minimum atomic E-state index is -0.621. The highest BCUT2D eigenvalue weighted by atomic mass is 16.5. The number of likely N-dealkylation sites (tertiary alicyclic amines) is 1. The van der Waals surface area contributed by atoms with Crippen LogP contribution in [0.5, 0.6) is 6.01 Å². The van der Waals surface area contributed by atoms with Crippen LogP contribution in [0, 0.1) is 0 Å². The van der Waals surface area contributed by atoms with E-state index in [0.29, 0.717) is 25.1 Å². The predicted octanol–water partition coefficient (Wildman–Crippen LogP) is 0.742. The van der Waals surface area contributed by atoms with Gasteiger partial charge in [0.1, 0.15) is 12.7 Å². The molecule has 27 heavy (non-hydrogen) atoms. The smallest absolute Gasteiger partial charge is 0.316 e. The standard InChI is InChI=1S/C19H20N4O4/c1-26-18-20-9-13(10-21-18)17(25)23-8-7-19(14-5-3-2-4-6-14)15(11-23)27-12-16(24)22-19/h2-6,9-10,15H,7-8,11-12H2,1H3,(H,22,24)/t15-,19+/m1/s1. The number of carbonyl (C=O) groups excluding carboxylic acids is 2. The Hall–Kier alpha value is -3.00. The number of hydrogen-bond donors (Lipinski definition) is 1. The minimum Gasteiger partial charge on any atom is -0.467 e. The lowest BCUT2D eigenvalue weighted by Crippen LogP contribution is -2.67. The molecular formula is C19H20N4O4. The molecule has 3 heterocycles. The fraction of sp³-hybridized carbons (Fsp3) is 0.368. The quantitative estimate of drug-likeness (QED) is 0.859. The van der Waals surface area contributed by atoms with E-state index >= 15 is 0 Å². The molecule has 0 aliphatic carbocycles. The highest BCUT2D eigenvalue weighted by Crippen LogP contribution is 2.37. The fourth-order valence-electron chi connectivity index (χ4n) is 3.76. The van der Waals surface area contributed by atoms with Crippen molar-refractivity contribution in [2.24, 2.45) is 0 Å². The Balaban J connectivity index is 1.58. The van der Waals surface area contributed by atoms with Crippen molar-refractivity contribution in [2.45, 2.75) is 18.1 Å². The maximum absolute atomic E-state index is 12.8. The molecule has 0 radical (unpaired) electrons. The summed E-state index contributed by atoms with van der Waals surface area (Å²) >= 11 is 0. The summed E-state index contributed by atoms with van der Waals surface area (Å²) in [6.45, 7) is 0.854. The van der Waals surface area contributed by atoms with Crippen molar-refractivity contribution in [2.75, 3.05) is 26.8 Å². The monoisotopic (exact) mass is 368 g/mol. The summed E-state index contributed by atoms with van der Waals surface area (Å²) in [4.78, 5) is 34.6. The van der Waals surface area contributed by atoms with Crippen LogP contribution in [0.25, 0.3) is 0 Å². The number of fused-ring (bicyclic) bond motifs is 1. The third-order valence-electron chi connectivity index (χ3n) is 5.12. The SMILES string of the molecule is COc1ncc(C(=O)N2CC[C@@]3(c4ccccc4)NC(=O)CO[C@@H]3C2)cn1. The third-order valence-corrected chi connectivity index (χ3v) is 5.12. The van der Waals surface area contributed by atoms with Crippen LogP contribution >= 0.6 is 0 Å². The Kier molecular flexibility index (Phi) is 4.49. The number of nitrogens with zero attached hydrogens (tertiary/aromatic N) is 3. The van der Waals surface area contributed by atoms with E-state index in [1.165, 1.54) is 19.5 Å². The lowest BCUT2D eigenvalue weighted by Gasteiger charge is -2.50. The molecule has 2 aromatic rings. The van der Waals surface area contributed by atoms with E-state index in [2.05, 4.69) is 15.3 Å². The second kappa shape index (κ2) is 6.96. The van der Waals surface area contributed by atoms with Crippen LogP contribution in [0.4, 0.5) is 0 Å². The van der Waals surface area contributed by atoms with Crippen LogP contribution in [0.15, 0.2) is 42.7 Å². The number of nitrogens with one attached hydrogen (secondary N) is 1. The molecule has 2 aliphatic heterocycles. The van der Waals surface area contributed by atoms with E-state index in [1.807, 2.05) is 30.3 Å². The highest BCUT2D eigenvalue weighted by Gasteiger charge is 2.49. The van der Waals surface area contributed by atoms with Crippen LogP contribution in [0.3, 0.4) is 0 Å². The molecule has 4 rings (SSSR count). The van der Waals surface area contributed by atoms with Crippen molar-refractivity contribution >= 4 is 11.8 Å². The summed E-state index contributed by atoms with van der Waals surface area (Å²) in [7, 11) is 1.47. The number of benzene rings is 1. The number of ether oxygens (including phenoxy) is 2. The van der Waals surface area contributed by atoms with Gasteiger partial charge in [-0.2, -0.15) is 0 Å².